The minimum atomic E-state index is 0.440. The summed E-state index contributed by atoms with van der Waals surface area (Å²) in [6.07, 6.45) is 0. The monoisotopic (exact) mass is 136 g/mol. The molecule has 0 atom stereocenters. The summed E-state index contributed by atoms with van der Waals surface area (Å²) in [6, 6.07) is 0. The molecule has 0 amide bonds. The Morgan fingerprint density at radius 1 is 1.86 bits per heavy atom. The molecule has 0 spiro atoms. The molecule has 0 aliphatic carbocycles. The molecule has 4 heteroatoms. The predicted molar refractivity (Wildman–Crippen MR) is 31.6 cm³/mol. The minimum Gasteiger partial charge on any atom is -0.328 e. The van der Waals surface area contributed by atoms with E-state index < -0.39 is 0 Å². The Kier molecular flexibility index (Phi) is 1.90. The maximum Gasteiger partial charge on any atom is 0.204 e. The SMILES string of the molecule is O=S=C1OCCS1. The fourth-order valence-electron chi connectivity index (χ4n) is 0.340. The maximum absolute atomic E-state index is 9.87. The van der Waals surface area contributed by atoms with E-state index in [0.717, 1.165) is 5.75 Å². The molecule has 0 unspecified atom stereocenters. The Bertz CT molecular complexity index is 108. The fraction of sp³-hybridized carbons (Fsp3) is 0.667. The van der Waals surface area contributed by atoms with Crippen LogP contribution in [0.4, 0.5) is 0 Å². The van der Waals surface area contributed by atoms with Crippen molar-refractivity contribution in [3.63, 3.8) is 0 Å². The lowest BCUT2D eigenvalue weighted by molar-refractivity contribution is 0.360. The topological polar surface area (TPSA) is 26.3 Å². The van der Waals surface area contributed by atoms with Crippen molar-refractivity contribution in [1.29, 1.82) is 0 Å². The van der Waals surface area contributed by atoms with Gasteiger partial charge in [-0.1, -0.05) is 11.8 Å². The normalized spacial score (nSPS) is 20.3. The first-order chi connectivity index (χ1) is 3.43. The standard InChI is InChI=1S/C3H4O2S2/c4-7-3-5-1-2-6-3/h1-2H2. The van der Waals surface area contributed by atoms with E-state index in [9.17, 15) is 4.21 Å². The van der Waals surface area contributed by atoms with Gasteiger partial charge in [0.15, 0.2) is 0 Å². The summed E-state index contributed by atoms with van der Waals surface area (Å²) < 4.78 is 15.3. The van der Waals surface area contributed by atoms with Gasteiger partial charge in [-0.3, -0.25) is 0 Å². The van der Waals surface area contributed by atoms with Crippen LogP contribution in [0.3, 0.4) is 0 Å². The van der Waals surface area contributed by atoms with Gasteiger partial charge in [-0.15, -0.1) is 0 Å². The Labute approximate surface area is 49.3 Å². The van der Waals surface area contributed by atoms with E-state index in [1.165, 1.54) is 11.8 Å². The van der Waals surface area contributed by atoms with Gasteiger partial charge >= 0.3 is 0 Å². The lowest BCUT2D eigenvalue weighted by Gasteiger charge is -1.79. The summed E-state index contributed by atoms with van der Waals surface area (Å²) in [5, 5.41) is 0. The maximum atomic E-state index is 9.87. The van der Waals surface area contributed by atoms with Gasteiger partial charge in [-0.25, -0.2) is 4.21 Å². The molecule has 2 nitrogen and oxygen atoms in total. The quantitative estimate of drug-likeness (QED) is 0.440. The summed E-state index contributed by atoms with van der Waals surface area (Å²) in [5.74, 6) is 0.935. The second kappa shape index (κ2) is 2.49. The Balaban J connectivity index is 2.57. The summed E-state index contributed by atoms with van der Waals surface area (Å²) in [6.45, 7) is 0.704. The number of hydrogen-bond donors (Lipinski definition) is 0. The third kappa shape index (κ3) is 1.29. The number of rotatable bonds is 0. The highest BCUT2D eigenvalue weighted by atomic mass is 32.2. The van der Waals surface area contributed by atoms with E-state index in [-0.39, 0.29) is 0 Å². The zero-order chi connectivity index (χ0) is 5.11. The van der Waals surface area contributed by atoms with Crippen LogP contribution in [0.25, 0.3) is 0 Å². The molecule has 1 aliphatic rings. The molecule has 0 aromatic rings. The summed E-state index contributed by atoms with van der Waals surface area (Å²) in [7, 11) is 0. The average molecular weight is 136 g/mol. The largest absolute Gasteiger partial charge is 0.328 e. The van der Waals surface area contributed by atoms with Gasteiger partial charge in [0.25, 0.3) is 0 Å². The van der Waals surface area contributed by atoms with E-state index in [4.69, 9.17) is 4.74 Å². The van der Waals surface area contributed by atoms with Crippen LogP contribution in [0.5, 0.6) is 0 Å². The smallest absolute Gasteiger partial charge is 0.204 e. The third-order valence-electron chi connectivity index (χ3n) is 0.591. The zero-order valence-electron chi connectivity index (χ0n) is 3.55. The molecule has 7 heavy (non-hydrogen) atoms. The van der Waals surface area contributed by atoms with Crippen molar-refractivity contribution < 1.29 is 8.95 Å². The van der Waals surface area contributed by atoms with Gasteiger partial charge in [-0.2, -0.15) is 0 Å². The Morgan fingerprint density at radius 2 is 2.71 bits per heavy atom. The molecular weight excluding hydrogens is 132 g/mol. The second-order valence-corrected chi connectivity index (χ2v) is 2.89. The van der Waals surface area contributed by atoms with Gasteiger partial charge in [-0.05, 0) is 0 Å². The molecule has 0 aromatic heterocycles. The lowest BCUT2D eigenvalue weighted by Crippen LogP contribution is -1.87. The van der Waals surface area contributed by atoms with E-state index in [2.05, 4.69) is 0 Å². The molecule has 1 rings (SSSR count). The number of ether oxygens (including phenoxy) is 1. The average Bonchev–Trinajstić information content (AvgIpc) is 2.14. The van der Waals surface area contributed by atoms with Crippen molar-refractivity contribution in [3.05, 3.63) is 0 Å². The van der Waals surface area contributed by atoms with E-state index in [1.54, 1.807) is 0 Å². The Hall–Kier alpha value is 0.200. The van der Waals surface area contributed by atoms with Crippen molar-refractivity contribution in [2.45, 2.75) is 0 Å². The number of hydrogen-bond acceptors (Lipinski definition) is 3. The van der Waals surface area contributed by atoms with Crippen LogP contribution in [-0.4, -0.2) is 21.0 Å². The minimum absolute atomic E-state index is 0.440. The predicted octanol–water partition coefficient (Wildman–Crippen LogP) is 0.0502. The first-order valence-electron chi connectivity index (χ1n) is 1.86. The highest BCUT2D eigenvalue weighted by molar-refractivity contribution is 8.20. The van der Waals surface area contributed by atoms with Gasteiger partial charge in [0.1, 0.15) is 11.3 Å². The van der Waals surface area contributed by atoms with Crippen molar-refractivity contribution in [1.82, 2.24) is 0 Å². The van der Waals surface area contributed by atoms with Gasteiger partial charge in [0, 0.05) is 5.75 Å². The number of thioether (sulfide) groups is 1. The molecule has 0 N–H and O–H groups in total. The van der Waals surface area contributed by atoms with Gasteiger partial charge in [0.05, 0.1) is 6.61 Å². The third-order valence-corrected chi connectivity index (χ3v) is 2.13. The van der Waals surface area contributed by atoms with Crippen molar-refractivity contribution >= 4 is 27.4 Å². The fourth-order valence-corrected chi connectivity index (χ4v) is 1.41. The second-order valence-electron chi connectivity index (χ2n) is 1.03. The first kappa shape index (κ1) is 5.34. The molecule has 1 aliphatic heterocycles. The summed E-state index contributed by atoms with van der Waals surface area (Å²) in [4.78, 5) is 0. The van der Waals surface area contributed by atoms with E-state index in [1.807, 2.05) is 0 Å². The molecule has 0 aromatic carbocycles. The van der Waals surface area contributed by atoms with Crippen molar-refractivity contribution in [2.75, 3.05) is 12.4 Å². The molecule has 0 radical (unpaired) electrons. The van der Waals surface area contributed by atoms with Crippen LogP contribution >= 0.6 is 11.8 Å². The molecule has 1 heterocycles. The molecule has 40 valence electrons. The summed E-state index contributed by atoms with van der Waals surface area (Å²) in [5.41, 5.74) is 0. The molecule has 1 fully saturated rings. The highest BCUT2D eigenvalue weighted by Crippen LogP contribution is 2.10. The van der Waals surface area contributed by atoms with Crippen LogP contribution < -0.4 is 0 Å². The molecular formula is C3H4O2S2. The van der Waals surface area contributed by atoms with E-state index >= 15 is 0 Å². The lowest BCUT2D eigenvalue weighted by atomic mass is 10.9. The van der Waals surface area contributed by atoms with Crippen LogP contribution in [0, 0.1) is 0 Å². The molecule has 0 bridgehead atoms. The van der Waals surface area contributed by atoms with E-state index in [0.29, 0.717) is 22.2 Å². The molecule has 0 saturated carbocycles. The Morgan fingerprint density at radius 3 is 3.00 bits per heavy atom. The van der Waals surface area contributed by atoms with Crippen molar-refractivity contribution in [2.24, 2.45) is 0 Å². The highest BCUT2D eigenvalue weighted by Gasteiger charge is 2.06. The van der Waals surface area contributed by atoms with Gasteiger partial charge in [0.2, 0.25) is 4.38 Å². The van der Waals surface area contributed by atoms with Crippen LogP contribution in [-0.2, 0) is 16.0 Å². The first-order valence-corrected chi connectivity index (χ1v) is 3.58. The van der Waals surface area contributed by atoms with Gasteiger partial charge < -0.3 is 4.74 Å². The van der Waals surface area contributed by atoms with Crippen LogP contribution in [0.2, 0.25) is 0 Å². The van der Waals surface area contributed by atoms with Crippen LogP contribution in [0.15, 0.2) is 0 Å². The molecule has 1 saturated heterocycles. The zero-order valence-corrected chi connectivity index (χ0v) is 5.18. The van der Waals surface area contributed by atoms with Crippen LogP contribution in [0.1, 0.15) is 0 Å². The summed E-state index contributed by atoms with van der Waals surface area (Å²) >= 11 is 1.93. The van der Waals surface area contributed by atoms with Crippen molar-refractivity contribution in [3.8, 4) is 0 Å².